The number of hydrogen-bond donors (Lipinski definition) is 1. The van der Waals surface area contributed by atoms with E-state index in [1.54, 1.807) is 18.5 Å². The molecule has 0 bridgehead atoms. The Kier molecular flexibility index (Phi) is 7.60. The highest BCUT2D eigenvalue weighted by atomic mass is 79.9. The van der Waals surface area contributed by atoms with Gasteiger partial charge in [-0.3, -0.25) is 14.6 Å². The Morgan fingerprint density at radius 2 is 1.39 bits per heavy atom. The van der Waals surface area contributed by atoms with Gasteiger partial charge >= 0.3 is 0 Å². The molecule has 5 rings (SSSR count). The van der Waals surface area contributed by atoms with Crippen LogP contribution in [-0.2, 0) is 41.9 Å². The lowest BCUT2D eigenvalue weighted by atomic mass is 9.90. The minimum absolute atomic E-state index is 0.213. The van der Waals surface area contributed by atoms with Crippen LogP contribution in [0, 0.1) is 0 Å². The molecule has 0 saturated carbocycles. The third-order valence-corrected chi connectivity index (χ3v) is 6.70. The van der Waals surface area contributed by atoms with Gasteiger partial charge in [0.05, 0.1) is 0 Å². The van der Waals surface area contributed by atoms with Gasteiger partial charge in [-0.1, -0.05) is 31.9 Å². The summed E-state index contributed by atoms with van der Waals surface area (Å²) < 4.78 is 7.78. The van der Waals surface area contributed by atoms with E-state index in [-0.39, 0.29) is 17.3 Å². The number of aryl methyl sites for hydroxylation is 2. The highest BCUT2D eigenvalue weighted by molar-refractivity contribution is 9.10. The molecule has 2 aliphatic carbocycles. The minimum Gasteiger partial charge on any atom is -0.508 e. The molecule has 0 saturated heterocycles. The van der Waals surface area contributed by atoms with Crippen LogP contribution < -0.4 is 4.74 Å². The smallest absolute Gasteiger partial charge is 0.137 e. The number of hydrogen-bond acceptors (Lipinski definition) is 5. The zero-order valence-electron chi connectivity index (χ0n) is 17.9. The Hall–Kier alpha value is -2.51. The first-order chi connectivity index (χ1) is 15.9. The lowest BCUT2D eigenvalue weighted by Crippen LogP contribution is -2.15. The van der Waals surface area contributed by atoms with Crippen molar-refractivity contribution in [1.29, 1.82) is 0 Å². The topological polar surface area (TPSA) is 76.5 Å². The Bertz CT molecular complexity index is 1190. The first-order valence-electron chi connectivity index (χ1n) is 10.8. The standard InChI is InChI=1S/C16H14BrNO2.C10H9BrO2/c17-13-7-12-1-2-14(19)9-15(12)16(8-13)20-10-11-3-5-18-6-4-11;11-7-3-6-1-2-8(12)5-9(6)10(13)4-7/h3-8H,1-2,9-10H2;3-4,13H,1-2,5H2. The summed E-state index contributed by atoms with van der Waals surface area (Å²) in [6, 6.07) is 11.5. The van der Waals surface area contributed by atoms with Crippen LogP contribution >= 0.6 is 31.9 Å². The fourth-order valence-electron chi connectivity index (χ4n) is 4.08. The minimum atomic E-state index is 0.213. The fraction of sp³-hybridized carbons (Fsp3) is 0.269. The number of nitrogens with zero attached hydrogens (tertiary/aromatic N) is 1. The van der Waals surface area contributed by atoms with E-state index in [0.29, 0.717) is 32.3 Å². The number of phenolic OH excluding ortho intramolecular Hbond substituents is 1. The van der Waals surface area contributed by atoms with Crippen LogP contribution in [-0.4, -0.2) is 21.7 Å². The molecular formula is C26H23Br2NO4. The summed E-state index contributed by atoms with van der Waals surface area (Å²) in [5.74, 6) is 1.54. The van der Waals surface area contributed by atoms with Crippen molar-refractivity contribution in [3.8, 4) is 11.5 Å². The van der Waals surface area contributed by atoms with Gasteiger partial charge in [-0.05, 0) is 65.9 Å². The molecule has 33 heavy (non-hydrogen) atoms. The Labute approximate surface area is 209 Å². The molecule has 1 heterocycles. The van der Waals surface area contributed by atoms with Crippen molar-refractivity contribution in [3.05, 3.63) is 85.6 Å². The Morgan fingerprint density at radius 1 is 0.818 bits per heavy atom. The number of ether oxygens (including phenoxy) is 1. The number of carbonyl (C=O) groups is 2. The summed E-state index contributed by atoms with van der Waals surface area (Å²) in [5, 5.41) is 9.57. The van der Waals surface area contributed by atoms with Gasteiger partial charge in [-0.15, -0.1) is 0 Å². The summed E-state index contributed by atoms with van der Waals surface area (Å²) in [4.78, 5) is 26.8. The molecule has 0 spiro atoms. The van der Waals surface area contributed by atoms with Crippen LogP contribution in [0.2, 0.25) is 0 Å². The van der Waals surface area contributed by atoms with Crippen LogP contribution in [0.25, 0.3) is 0 Å². The normalized spacial score (nSPS) is 14.6. The van der Waals surface area contributed by atoms with E-state index in [0.717, 1.165) is 49.8 Å². The number of Topliss-reactive ketones (excluding diaryl/α,β-unsaturated/α-hetero) is 2. The number of phenols is 1. The van der Waals surface area contributed by atoms with Crippen LogP contribution in [0.15, 0.2) is 57.7 Å². The van der Waals surface area contributed by atoms with E-state index in [2.05, 4.69) is 42.9 Å². The van der Waals surface area contributed by atoms with Gasteiger partial charge in [0.25, 0.3) is 0 Å². The predicted octanol–water partition coefficient (Wildman–Crippen LogP) is 5.69. The average Bonchev–Trinajstić information content (AvgIpc) is 2.79. The maximum atomic E-state index is 11.7. The van der Waals surface area contributed by atoms with Crippen molar-refractivity contribution in [1.82, 2.24) is 4.98 Å². The second-order valence-corrected chi connectivity index (χ2v) is 10.0. The fourth-order valence-corrected chi connectivity index (χ4v) is 5.06. The lowest BCUT2D eigenvalue weighted by molar-refractivity contribution is -0.119. The van der Waals surface area contributed by atoms with Gasteiger partial charge in [0.2, 0.25) is 0 Å². The molecule has 0 aliphatic heterocycles. The summed E-state index contributed by atoms with van der Waals surface area (Å²) in [7, 11) is 0. The molecule has 7 heteroatoms. The molecule has 0 amide bonds. The van der Waals surface area contributed by atoms with Crippen LogP contribution in [0.3, 0.4) is 0 Å². The number of fused-ring (bicyclic) bond motifs is 2. The van der Waals surface area contributed by atoms with Crippen LogP contribution in [0.5, 0.6) is 11.5 Å². The SMILES string of the molecule is O=C1CCc2cc(Br)cc(O)c2C1.O=C1CCc2cc(Br)cc(OCc3ccncc3)c2C1. The molecule has 1 aromatic heterocycles. The van der Waals surface area contributed by atoms with E-state index in [1.165, 1.54) is 5.56 Å². The third kappa shape index (κ3) is 6.09. The van der Waals surface area contributed by atoms with Gasteiger partial charge in [-0.2, -0.15) is 0 Å². The summed E-state index contributed by atoms with van der Waals surface area (Å²) >= 11 is 6.82. The number of aromatic nitrogens is 1. The molecule has 0 atom stereocenters. The van der Waals surface area contributed by atoms with Crippen molar-refractivity contribution >= 4 is 43.4 Å². The molecule has 0 radical (unpaired) electrons. The van der Waals surface area contributed by atoms with Gasteiger partial charge < -0.3 is 9.84 Å². The van der Waals surface area contributed by atoms with E-state index in [1.807, 2.05) is 24.3 Å². The van der Waals surface area contributed by atoms with Crippen molar-refractivity contribution in [3.63, 3.8) is 0 Å². The highest BCUT2D eigenvalue weighted by Crippen LogP contribution is 2.33. The molecule has 5 nitrogen and oxygen atoms in total. The van der Waals surface area contributed by atoms with Crippen LogP contribution in [0.4, 0.5) is 0 Å². The second-order valence-electron chi connectivity index (χ2n) is 8.18. The number of halogens is 2. The van der Waals surface area contributed by atoms with E-state index in [4.69, 9.17) is 4.74 Å². The first-order valence-corrected chi connectivity index (χ1v) is 12.3. The maximum absolute atomic E-state index is 11.7. The average molecular weight is 573 g/mol. The molecule has 1 N–H and O–H groups in total. The van der Waals surface area contributed by atoms with Crippen molar-refractivity contribution < 1.29 is 19.4 Å². The zero-order valence-corrected chi connectivity index (χ0v) is 21.1. The van der Waals surface area contributed by atoms with Gasteiger partial charge in [-0.25, -0.2) is 0 Å². The molecule has 2 aliphatic rings. The largest absolute Gasteiger partial charge is 0.508 e. The van der Waals surface area contributed by atoms with E-state index in [9.17, 15) is 14.7 Å². The highest BCUT2D eigenvalue weighted by Gasteiger charge is 2.21. The van der Waals surface area contributed by atoms with Gasteiger partial charge in [0, 0.05) is 58.1 Å². The lowest BCUT2D eigenvalue weighted by Gasteiger charge is -2.19. The number of pyridine rings is 1. The quantitative estimate of drug-likeness (QED) is 0.436. The summed E-state index contributed by atoms with van der Waals surface area (Å²) in [6.07, 6.45) is 7.15. The molecule has 3 aromatic rings. The first kappa shape index (κ1) is 23.6. The molecule has 170 valence electrons. The van der Waals surface area contributed by atoms with Crippen molar-refractivity contribution in [2.24, 2.45) is 0 Å². The van der Waals surface area contributed by atoms with E-state index < -0.39 is 0 Å². The predicted molar refractivity (Wildman–Crippen MR) is 133 cm³/mol. The van der Waals surface area contributed by atoms with Gasteiger partial charge in [0.15, 0.2) is 0 Å². The van der Waals surface area contributed by atoms with Crippen molar-refractivity contribution in [2.45, 2.75) is 45.1 Å². The molecule has 0 unspecified atom stereocenters. The van der Waals surface area contributed by atoms with Crippen molar-refractivity contribution in [2.75, 3.05) is 0 Å². The number of carbonyl (C=O) groups excluding carboxylic acids is 2. The molecule has 2 aromatic carbocycles. The van der Waals surface area contributed by atoms with E-state index >= 15 is 0 Å². The summed E-state index contributed by atoms with van der Waals surface area (Å²) in [6.45, 7) is 0.486. The monoisotopic (exact) mass is 571 g/mol. The van der Waals surface area contributed by atoms with Crippen LogP contribution in [0.1, 0.15) is 40.7 Å². The maximum Gasteiger partial charge on any atom is 0.137 e. The Morgan fingerprint density at radius 3 is 2.06 bits per heavy atom. The number of aromatic hydroxyl groups is 1. The second kappa shape index (κ2) is 10.6. The number of rotatable bonds is 3. The third-order valence-electron chi connectivity index (χ3n) is 5.79. The molecular weight excluding hydrogens is 550 g/mol. The Balaban J connectivity index is 0.000000172. The summed E-state index contributed by atoms with van der Waals surface area (Å²) in [5.41, 5.74) is 5.21. The van der Waals surface area contributed by atoms with Gasteiger partial charge in [0.1, 0.15) is 29.7 Å². The number of ketones is 2. The molecule has 0 fully saturated rings. The zero-order chi connectivity index (χ0) is 23.4. The number of benzene rings is 2.